The fourth-order valence-corrected chi connectivity index (χ4v) is 3.01. The summed E-state index contributed by atoms with van der Waals surface area (Å²) in [6.07, 6.45) is 0. The van der Waals surface area contributed by atoms with Crippen LogP contribution in [0.2, 0.25) is 0 Å². The Hall–Kier alpha value is -0.980. The molecule has 0 saturated heterocycles. The van der Waals surface area contributed by atoms with Crippen LogP contribution < -0.4 is 0 Å². The first-order chi connectivity index (χ1) is 7.93. The number of likely N-dealkylation sites (N-methyl/N-ethyl adjacent to an activating group) is 1. The number of nitrogens with zero attached hydrogens (tertiary/aromatic N) is 1. The smallest absolute Gasteiger partial charge is 0.243 e. The van der Waals surface area contributed by atoms with Crippen molar-refractivity contribution in [3.05, 3.63) is 29.6 Å². The lowest BCUT2D eigenvalue weighted by Crippen LogP contribution is -2.33. The Morgan fingerprint density at radius 3 is 2.53 bits per heavy atom. The summed E-state index contributed by atoms with van der Waals surface area (Å²) in [4.78, 5) is 0.0479. The SMILES string of the molecule is CCN(CCO)S(=O)(=O)c1ccc(F)c(C)c1. The van der Waals surface area contributed by atoms with Crippen molar-refractivity contribution >= 4 is 10.0 Å². The summed E-state index contributed by atoms with van der Waals surface area (Å²) < 4.78 is 38.4. The van der Waals surface area contributed by atoms with Gasteiger partial charge in [-0.2, -0.15) is 4.31 Å². The van der Waals surface area contributed by atoms with E-state index in [0.29, 0.717) is 0 Å². The molecule has 0 saturated carbocycles. The molecule has 1 aromatic carbocycles. The summed E-state index contributed by atoms with van der Waals surface area (Å²) in [7, 11) is -3.65. The van der Waals surface area contributed by atoms with E-state index in [9.17, 15) is 12.8 Å². The van der Waals surface area contributed by atoms with E-state index in [1.165, 1.54) is 19.1 Å². The van der Waals surface area contributed by atoms with Gasteiger partial charge in [-0.05, 0) is 30.7 Å². The van der Waals surface area contributed by atoms with Crippen LogP contribution in [0, 0.1) is 12.7 Å². The van der Waals surface area contributed by atoms with Crippen molar-refractivity contribution in [3.8, 4) is 0 Å². The van der Waals surface area contributed by atoms with E-state index in [4.69, 9.17) is 5.11 Å². The summed E-state index contributed by atoms with van der Waals surface area (Å²) >= 11 is 0. The Morgan fingerprint density at radius 2 is 2.06 bits per heavy atom. The molecule has 0 aliphatic heterocycles. The summed E-state index contributed by atoms with van der Waals surface area (Å²) in [5.74, 6) is -0.436. The molecule has 0 aliphatic rings. The maximum atomic E-state index is 13.1. The molecule has 0 spiro atoms. The highest BCUT2D eigenvalue weighted by Gasteiger charge is 2.22. The predicted molar refractivity (Wildman–Crippen MR) is 62.7 cm³/mol. The molecular weight excluding hydrogens is 245 g/mol. The normalized spacial score (nSPS) is 12.1. The fourth-order valence-electron chi connectivity index (χ4n) is 1.49. The van der Waals surface area contributed by atoms with Crippen molar-refractivity contribution in [3.63, 3.8) is 0 Å². The van der Waals surface area contributed by atoms with Crippen LogP contribution in [0.4, 0.5) is 4.39 Å². The molecule has 0 radical (unpaired) electrons. The van der Waals surface area contributed by atoms with Gasteiger partial charge in [0.05, 0.1) is 11.5 Å². The Balaban J connectivity index is 3.15. The van der Waals surface area contributed by atoms with Gasteiger partial charge < -0.3 is 5.11 Å². The minimum atomic E-state index is -3.65. The maximum absolute atomic E-state index is 13.1. The minimum Gasteiger partial charge on any atom is -0.395 e. The largest absolute Gasteiger partial charge is 0.395 e. The van der Waals surface area contributed by atoms with Gasteiger partial charge in [-0.1, -0.05) is 6.92 Å². The van der Waals surface area contributed by atoms with Crippen molar-refractivity contribution in [2.24, 2.45) is 0 Å². The third-order valence-electron chi connectivity index (χ3n) is 2.47. The van der Waals surface area contributed by atoms with Crippen molar-refractivity contribution in [1.29, 1.82) is 0 Å². The fraction of sp³-hybridized carbons (Fsp3) is 0.455. The molecule has 0 amide bonds. The third-order valence-corrected chi connectivity index (χ3v) is 4.44. The van der Waals surface area contributed by atoms with Gasteiger partial charge in [-0.15, -0.1) is 0 Å². The molecule has 6 heteroatoms. The standard InChI is InChI=1S/C11H16FNO3S/c1-3-13(6-7-14)17(15,16)10-4-5-11(12)9(2)8-10/h4-5,8,14H,3,6-7H2,1-2H3. The zero-order chi connectivity index (χ0) is 13.1. The number of aryl methyl sites for hydroxylation is 1. The molecule has 0 aromatic heterocycles. The number of halogens is 1. The second-order valence-corrected chi connectivity index (χ2v) is 5.57. The molecule has 0 heterocycles. The van der Waals surface area contributed by atoms with Gasteiger partial charge in [0.15, 0.2) is 0 Å². The summed E-state index contributed by atoms with van der Waals surface area (Å²) in [6.45, 7) is 3.25. The van der Waals surface area contributed by atoms with E-state index in [0.717, 1.165) is 10.4 Å². The molecule has 4 nitrogen and oxygen atoms in total. The number of aliphatic hydroxyl groups is 1. The lowest BCUT2D eigenvalue weighted by atomic mass is 10.2. The lowest BCUT2D eigenvalue weighted by molar-refractivity contribution is 0.257. The first-order valence-corrected chi connectivity index (χ1v) is 6.74. The van der Waals surface area contributed by atoms with E-state index in [2.05, 4.69) is 0 Å². The van der Waals surface area contributed by atoms with E-state index < -0.39 is 15.8 Å². The van der Waals surface area contributed by atoms with Gasteiger partial charge in [0.25, 0.3) is 0 Å². The van der Waals surface area contributed by atoms with E-state index in [1.54, 1.807) is 6.92 Å². The number of sulfonamides is 1. The number of aliphatic hydroxyl groups excluding tert-OH is 1. The average Bonchev–Trinajstić information content (AvgIpc) is 2.29. The quantitative estimate of drug-likeness (QED) is 0.864. The predicted octanol–water partition coefficient (Wildman–Crippen LogP) is 1.14. The molecule has 1 aromatic rings. The highest BCUT2D eigenvalue weighted by Crippen LogP contribution is 2.18. The number of hydrogen-bond acceptors (Lipinski definition) is 3. The molecule has 0 atom stereocenters. The molecule has 0 aliphatic carbocycles. The van der Waals surface area contributed by atoms with E-state index in [1.807, 2.05) is 0 Å². The van der Waals surface area contributed by atoms with Crippen molar-refractivity contribution in [2.75, 3.05) is 19.7 Å². The highest BCUT2D eigenvalue weighted by atomic mass is 32.2. The second-order valence-electron chi connectivity index (χ2n) is 3.63. The Bertz CT molecular complexity index is 487. The number of rotatable bonds is 5. The lowest BCUT2D eigenvalue weighted by Gasteiger charge is -2.19. The van der Waals surface area contributed by atoms with Gasteiger partial charge in [0.2, 0.25) is 10.0 Å². The Morgan fingerprint density at radius 1 is 1.41 bits per heavy atom. The third kappa shape index (κ3) is 3.02. The highest BCUT2D eigenvalue weighted by molar-refractivity contribution is 7.89. The van der Waals surface area contributed by atoms with Crippen LogP contribution >= 0.6 is 0 Å². The zero-order valence-electron chi connectivity index (χ0n) is 9.85. The molecule has 17 heavy (non-hydrogen) atoms. The first kappa shape index (κ1) is 14.1. The Kier molecular flexibility index (Phi) is 4.62. The van der Waals surface area contributed by atoms with Crippen molar-refractivity contribution < 1.29 is 17.9 Å². The van der Waals surface area contributed by atoms with Gasteiger partial charge in [-0.3, -0.25) is 0 Å². The molecule has 0 bridgehead atoms. The monoisotopic (exact) mass is 261 g/mol. The maximum Gasteiger partial charge on any atom is 0.243 e. The van der Waals surface area contributed by atoms with Crippen LogP contribution in [0.1, 0.15) is 12.5 Å². The molecule has 1 rings (SSSR count). The average molecular weight is 261 g/mol. The topological polar surface area (TPSA) is 57.6 Å². The van der Waals surface area contributed by atoms with Crippen LogP contribution in [0.3, 0.4) is 0 Å². The summed E-state index contributed by atoms with van der Waals surface area (Å²) in [5.41, 5.74) is 0.283. The number of benzene rings is 1. The van der Waals surface area contributed by atoms with Crippen molar-refractivity contribution in [2.45, 2.75) is 18.7 Å². The van der Waals surface area contributed by atoms with Crippen molar-refractivity contribution in [1.82, 2.24) is 4.31 Å². The van der Waals surface area contributed by atoms with E-state index in [-0.39, 0.29) is 30.2 Å². The minimum absolute atomic E-state index is 0.0370. The van der Waals surface area contributed by atoms with Gasteiger partial charge in [-0.25, -0.2) is 12.8 Å². The molecule has 1 N–H and O–H groups in total. The molecular formula is C11H16FNO3S. The van der Waals surface area contributed by atoms with Gasteiger partial charge >= 0.3 is 0 Å². The molecule has 0 unspecified atom stereocenters. The molecule has 96 valence electrons. The molecule has 0 fully saturated rings. The van der Waals surface area contributed by atoms with E-state index >= 15 is 0 Å². The second kappa shape index (κ2) is 5.57. The number of hydrogen-bond donors (Lipinski definition) is 1. The van der Waals surface area contributed by atoms with Crippen LogP contribution in [-0.4, -0.2) is 37.5 Å². The summed E-state index contributed by atoms with van der Waals surface area (Å²) in [6, 6.07) is 3.66. The van der Waals surface area contributed by atoms with Crippen LogP contribution in [-0.2, 0) is 10.0 Å². The van der Waals surface area contributed by atoms with Crippen LogP contribution in [0.5, 0.6) is 0 Å². The first-order valence-electron chi connectivity index (χ1n) is 5.30. The van der Waals surface area contributed by atoms with Crippen LogP contribution in [0.25, 0.3) is 0 Å². The van der Waals surface area contributed by atoms with Crippen LogP contribution in [0.15, 0.2) is 23.1 Å². The van der Waals surface area contributed by atoms with Gasteiger partial charge in [0.1, 0.15) is 5.82 Å². The van der Waals surface area contributed by atoms with Gasteiger partial charge in [0, 0.05) is 13.1 Å². The zero-order valence-corrected chi connectivity index (χ0v) is 10.7. The summed E-state index contributed by atoms with van der Waals surface area (Å²) in [5, 5.41) is 8.81. The Labute approximate surface area is 101 Å².